The quantitative estimate of drug-likeness (QED) is 0.508. The first-order chi connectivity index (χ1) is 10.7. The van der Waals surface area contributed by atoms with Crippen LogP contribution >= 0.6 is 0 Å². The van der Waals surface area contributed by atoms with Crippen LogP contribution in [0.15, 0.2) is 4.99 Å². The second-order valence-electron chi connectivity index (χ2n) is 6.50. The summed E-state index contributed by atoms with van der Waals surface area (Å²) in [5.74, 6) is 2.60. The number of piperidine rings is 1. The molecule has 0 amide bonds. The first kappa shape index (κ1) is 19.3. The van der Waals surface area contributed by atoms with Crippen LogP contribution in [-0.2, 0) is 0 Å². The summed E-state index contributed by atoms with van der Waals surface area (Å²) in [4.78, 5) is 7.31. The van der Waals surface area contributed by atoms with Crippen LogP contribution in [0.2, 0.25) is 0 Å². The number of rotatable bonds is 9. The molecule has 0 aliphatic carbocycles. The lowest BCUT2D eigenvalue weighted by Gasteiger charge is -2.31. The molecule has 1 heterocycles. The SMILES string of the molecule is CCNC(=NCC(CC)CC)NCCC1CCN(CC)CC1. The number of aliphatic imine (C=N–C) groups is 1. The van der Waals surface area contributed by atoms with Crippen molar-refractivity contribution in [1.82, 2.24) is 15.5 Å². The summed E-state index contributed by atoms with van der Waals surface area (Å²) in [6.45, 7) is 15.6. The number of nitrogens with one attached hydrogen (secondary N) is 2. The molecule has 0 saturated carbocycles. The molecule has 4 heteroatoms. The van der Waals surface area contributed by atoms with E-state index in [-0.39, 0.29) is 0 Å². The van der Waals surface area contributed by atoms with Crippen LogP contribution in [-0.4, -0.2) is 50.1 Å². The van der Waals surface area contributed by atoms with Gasteiger partial charge in [0.25, 0.3) is 0 Å². The van der Waals surface area contributed by atoms with Crippen molar-refractivity contribution in [2.45, 2.75) is 59.8 Å². The van der Waals surface area contributed by atoms with Crippen molar-refractivity contribution in [3.8, 4) is 0 Å². The van der Waals surface area contributed by atoms with Gasteiger partial charge in [0, 0.05) is 19.6 Å². The van der Waals surface area contributed by atoms with Gasteiger partial charge in [-0.15, -0.1) is 0 Å². The van der Waals surface area contributed by atoms with E-state index in [1.807, 2.05) is 0 Å². The molecule has 1 aliphatic rings. The molecule has 0 aromatic carbocycles. The maximum atomic E-state index is 4.75. The Morgan fingerprint density at radius 3 is 2.32 bits per heavy atom. The molecule has 4 nitrogen and oxygen atoms in total. The van der Waals surface area contributed by atoms with Gasteiger partial charge in [-0.3, -0.25) is 4.99 Å². The van der Waals surface area contributed by atoms with Gasteiger partial charge >= 0.3 is 0 Å². The lowest BCUT2D eigenvalue weighted by atomic mass is 9.93. The second-order valence-corrected chi connectivity index (χ2v) is 6.50. The van der Waals surface area contributed by atoms with Crippen LogP contribution in [0.1, 0.15) is 59.8 Å². The Balaban J connectivity index is 2.27. The molecule has 0 bridgehead atoms. The molecular weight excluding hydrogens is 272 g/mol. The maximum Gasteiger partial charge on any atom is 0.191 e. The summed E-state index contributed by atoms with van der Waals surface area (Å²) in [6.07, 6.45) is 6.42. The van der Waals surface area contributed by atoms with Gasteiger partial charge in [0.1, 0.15) is 0 Å². The van der Waals surface area contributed by atoms with Crippen LogP contribution in [0.4, 0.5) is 0 Å². The fraction of sp³-hybridized carbons (Fsp3) is 0.944. The van der Waals surface area contributed by atoms with E-state index in [1.165, 1.54) is 51.7 Å². The summed E-state index contributed by atoms with van der Waals surface area (Å²) in [6, 6.07) is 0. The van der Waals surface area contributed by atoms with E-state index in [1.54, 1.807) is 0 Å². The van der Waals surface area contributed by atoms with Crippen molar-refractivity contribution >= 4 is 5.96 Å². The van der Waals surface area contributed by atoms with Crippen LogP contribution in [0.3, 0.4) is 0 Å². The minimum atomic E-state index is 0.717. The minimum absolute atomic E-state index is 0.717. The smallest absolute Gasteiger partial charge is 0.191 e. The van der Waals surface area contributed by atoms with Crippen molar-refractivity contribution in [1.29, 1.82) is 0 Å². The van der Waals surface area contributed by atoms with E-state index < -0.39 is 0 Å². The van der Waals surface area contributed by atoms with Crippen LogP contribution in [0, 0.1) is 11.8 Å². The topological polar surface area (TPSA) is 39.7 Å². The van der Waals surface area contributed by atoms with Crippen molar-refractivity contribution in [2.75, 3.05) is 39.3 Å². The van der Waals surface area contributed by atoms with Crippen LogP contribution in [0.25, 0.3) is 0 Å². The number of likely N-dealkylation sites (tertiary alicyclic amines) is 1. The van der Waals surface area contributed by atoms with Gasteiger partial charge in [-0.05, 0) is 57.7 Å². The van der Waals surface area contributed by atoms with Gasteiger partial charge in [-0.2, -0.15) is 0 Å². The zero-order valence-electron chi connectivity index (χ0n) is 15.3. The third-order valence-corrected chi connectivity index (χ3v) is 5.01. The summed E-state index contributed by atoms with van der Waals surface area (Å²) < 4.78 is 0. The highest BCUT2D eigenvalue weighted by molar-refractivity contribution is 5.79. The molecule has 130 valence electrons. The van der Waals surface area contributed by atoms with E-state index in [0.29, 0.717) is 5.92 Å². The number of hydrogen-bond donors (Lipinski definition) is 2. The minimum Gasteiger partial charge on any atom is -0.357 e. The van der Waals surface area contributed by atoms with Crippen molar-refractivity contribution in [2.24, 2.45) is 16.8 Å². The Hall–Kier alpha value is -0.770. The predicted molar refractivity (Wildman–Crippen MR) is 97.5 cm³/mol. The lowest BCUT2D eigenvalue weighted by molar-refractivity contribution is 0.187. The first-order valence-corrected chi connectivity index (χ1v) is 9.47. The zero-order chi connectivity index (χ0) is 16.2. The fourth-order valence-corrected chi connectivity index (χ4v) is 3.10. The molecule has 1 saturated heterocycles. The van der Waals surface area contributed by atoms with E-state index in [0.717, 1.165) is 31.5 Å². The van der Waals surface area contributed by atoms with Crippen LogP contribution < -0.4 is 10.6 Å². The molecule has 1 rings (SSSR count). The van der Waals surface area contributed by atoms with Gasteiger partial charge in [0.2, 0.25) is 0 Å². The standard InChI is InChI=1S/C18H38N4/c1-5-16(6-2)15-21-18(19-7-3)20-12-9-17-10-13-22(8-4)14-11-17/h16-17H,5-15H2,1-4H3,(H2,19,20,21). The van der Waals surface area contributed by atoms with Gasteiger partial charge in [-0.25, -0.2) is 0 Å². The molecule has 0 atom stereocenters. The number of hydrogen-bond acceptors (Lipinski definition) is 2. The molecule has 1 fully saturated rings. The average molecular weight is 311 g/mol. The van der Waals surface area contributed by atoms with Gasteiger partial charge in [0.05, 0.1) is 0 Å². The maximum absolute atomic E-state index is 4.75. The highest BCUT2D eigenvalue weighted by Gasteiger charge is 2.17. The molecule has 0 unspecified atom stereocenters. The Labute approximate surface area is 138 Å². The molecule has 0 aromatic rings. The highest BCUT2D eigenvalue weighted by atomic mass is 15.2. The molecule has 1 aliphatic heterocycles. The van der Waals surface area contributed by atoms with E-state index in [4.69, 9.17) is 4.99 Å². The molecule has 2 N–H and O–H groups in total. The van der Waals surface area contributed by atoms with Crippen molar-refractivity contribution in [3.63, 3.8) is 0 Å². The lowest BCUT2D eigenvalue weighted by Crippen LogP contribution is -2.39. The molecule has 0 aromatic heterocycles. The Bertz CT molecular complexity index is 291. The van der Waals surface area contributed by atoms with Gasteiger partial charge in [-0.1, -0.05) is 33.6 Å². The largest absolute Gasteiger partial charge is 0.357 e. The third-order valence-electron chi connectivity index (χ3n) is 5.01. The molecule has 0 spiro atoms. The summed E-state index contributed by atoms with van der Waals surface area (Å²) >= 11 is 0. The second kappa shape index (κ2) is 11.8. The predicted octanol–water partition coefficient (Wildman–Crippen LogP) is 3.10. The number of guanidine groups is 1. The zero-order valence-corrected chi connectivity index (χ0v) is 15.3. The normalized spacial score (nSPS) is 18.0. The Morgan fingerprint density at radius 2 is 1.77 bits per heavy atom. The monoisotopic (exact) mass is 310 g/mol. The van der Waals surface area contributed by atoms with E-state index in [9.17, 15) is 0 Å². The average Bonchev–Trinajstić information content (AvgIpc) is 2.56. The summed E-state index contributed by atoms with van der Waals surface area (Å²) in [5, 5.41) is 6.89. The fourth-order valence-electron chi connectivity index (χ4n) is 3.10. The molecule has 22 heavy (non-hydrogen) atoms. The Kier molecular flexibility index (Phi) is 10.3. The molecular formula is C18H38N4. The number of nitrogens with zero attached hydrogens (tertiary/aromatic N) is 2. The highest BCUT2D eigenvalue weighted by Crippen LogP contribution is 2.19. The third kappa shape index (κ3) is 7.48. The van der Waals surface area contributed by atoms with Crippen LogP contribution in [0.5, 0.6) is 0 Å². The Morgan fingerprint density at radius 1 is 1.09 bits per heavy atom. The molecule has 0 radical (unpaired) electrons. The van der Waals surface area contributed by atoms with E-state index >= 15 is 0 Å². The van der Waals surface area contributed by atoms with Gasteiger partial charge < -0.3 is 15.5 Å². The van der Waals surface area contributed by atoms with Crippen molar-refractivity contribution in [3.05, 3.63) is 0 Å². The van der Waals surface area contributed by atoms with Gasteiger partial charge in [0.15, 0.2) is 5.96 Å². The first-order valence-electron chi connectivity index (χ1n) is 9.47. The van der Waals surface area contributed by atoms with E-state index in [2.05, 4.69) is 43.2 Å². The van der Waals surface area contributed by atoms with Crippen molar-refractivity contribution < 1.29 is 0 Å². The summed E-state index contributed by atoms with van der Waals surface area (Å²) in [7, 11) is 0. The summed E-state index contributed by atoms with van der Waals surface area (Å²) in [5.41, 5.74) is 0.